The van der Waals surface area contributed by atoms with Crippen molar-refractivity contribution in [1.29, 1.82) is 0 Å². The minimum Gasteiger partial charge on any atom is -0.493 e. The first-order valence-electron chi connectivity index (χ1n) is 11.3. The Morgan fingerprint density at radius 1 is 0.938 bits per heavy atom. The molecule has 4 rings (SSSR count). The number of amides is 1. The Hall–Kier alpha value is -2.54. The molecule has 1 N–H and O–H groups in total. The van der Waals surface area contributed by atoms with Crippen LogP contribution in [0.2, 0.25) is 0 Å². The van der Waals surface area contributed by atoms with E-state index in [-0.39, 0.29) is 11.9 Å². The number of carbonyl (C=O) groups is 1. The van der Waals surface area contributed by atoms with Crippen molar-refractivity contribution in [2.75, 3.05) is 17.9 Å². The van der Waals surface area contributed by atoms with E-state index in [9.17, 15) is 13.2 Å². The maximum Gasteiger partial charge on any atom is 0.262 e. The van der Waals surface area contributed by atoms with E-state index >= 15 is 0 Å². The van der Waals surface area contributed by atoms with Crippen LogP contribution in [-0.2, 0) is 10.0 Å². The molecule has 172 valence electrons. The Kier molecular flexibility index (Phi) is 5.96. The topological polar surface area (TPSA) is 75.7 Å². The third kappa shape index (κ3) is 3.87. The Labute approximate surface area is 191 Å². The van der Waals surface area contributed by atoms with E-state index < -0.39 is 10.0 Å². The zero-order valence-electron chi connectivity index (χ0n) is 19.5. The summed E-state index contributed by atoms with van der Waals surface area (Å²) in [4.78, 5) is 15.6. The summed E-state index contributed by atoms with van der Waals surface area (Å²) in [5.41, 5.74) is 5.35. The standard InChI is InChI=1S/C25H32N2O4S/c1-15-16(2)18(4)24(19(5)17(15)3)32(29,30)26-20-9-10-23-22(14-20)25(28)27-12-7-6-8-21(27)11-13-31-23/h9-10,14,21,26H,6-8,11-13H2,1-5H3. The number of nitrogens with one attached hydrogen (secondary N) is 1. The average Bonchev–Trinajstić information content (AvgIpc) is 2.75. The summed E-state index contributed by atoms with van der Waals surface area (Å²) in [6.45, 7) is 10.9. The molecule has 0 bridgehead atoms. The second-order valence-electron chi connectivity index (χ2n) is 9.06. The van der Waals surface area contributed by atoms with E-state index in [0.29, 0.717) is 28.5 Å². The summed E-state index contributed by atoms with van der Waals surface area (Å²) in [5, 5.41) is 0. The molecule has 0 saturated carbocycles. The van der Waals surface area contributed by atoms with Crippen molar-refractivity contribution in [2.45, 2.75) is 71.2 Å². The van der Waals surface area contributed by atoms with Gasteiger partial charge in [0.2, 0.25) is 0 Å². The number of ether oxygens (including phenoxy) is 1. The van der Waals surface area contributed by atoms with Gasteiger partial charge in [-0.1, -0.05) is 0 Å². The maximum absolute atomic E-state index is 13.4. The predicted molar refractivity (Wildman–Crippen MR) is 126 cm³/mol. The van der Waals surface area contributed by atoms with Gasteiger partial charge in [0, 0.05) is 24.7 Å². The molecule has 1 amide bonds. The summed E-state index contributed by atoms with van der Waals surface area (Å²) in [5.74, 6) is 0.427. The van der Waals surface area contributed by atoms with Gasteiger partial charge in [0.1, 0.15) is 5.75 Å². The Morgan fingerprint density at radius 2 is 1.59 bits per heavy atom. The van der Waals surface area contributed by atoms with Gasteiger partial charge in [0.15, 0.2) is 0 Å². The third-order valence-electron chi connectivity index (χ3n) is 7.26. The van der Waals surface area contributed by atoms with Crippen molar-refractivity contribution in [3.63, 3.8) is 0 Å². The van der Waals surface area contributed by atoms with Gasteiger partial charge in [-0.25, -0.2) is 8.42 Å². The lowest BCUT2D eigenvalue weighted by Gasteiger charge is -2.37. The molecule has 2 heterocycles. The normalized spacial score (nSPS) is 18.8. The molecule has 0 aromatic heterocycles. The van der Waals surface area contributed by atoms with E-state index in [4.69, 9.17) is 4.74 Å². The lowest BCUT2D eigenvalue weighted by atomic mass is 9.95. The zero-order valence-corrected chi connectivity index (χ0v) is 20.4. The lowest BCUT2D eigenvalue weighted by Crippen LogP contribution is -2.45. The van der Waals surface area contributed by atoms with E-state index in [2.05, 4.69) is 4.72 Å². The molecule has 2 aliphatic heterocycles. The fourth-order valence-electron chi connectivity index (χ4n) is 4.99. The number of benzene rings is 2. The zero-order chi connectivity index (χ0) is 23.2. The molecule has 7 heteroatoms. The summed E-state index contributed by atoms with van der Waals surface area (Å²) in [6.07, 6.45) is 3.93. The number of hydrogen-bond acceptors (Lipinski definition) is 4. The van der Waals surface area contributed by atoms with Crippen molar-refractivity contribution in [2.24, 2.45) is 0 Å². The molecule has 1 saturated heterocycles. The largest absolute Gasteiger partial charge is 0.493 e. The van der Waals surface area contributed by atoms with Gasteiger partial charge in [0.05, 0.1) is 17.1 Å². The minimum absolute atomic E-state index is 0.0835. The van der Waals surface area contributed by atoms with Crippen LogP contribution in [0.4, 0.5) is 5.69 Å². The Balaban J connectivity index is 1.72. The summed E-state index contributed by atoms with van der Waals surface area (Å²) in [6, 6.07) is 5.16. The second-order valence-corrected chi connectivity index (χ2v) is 10.7. The summed E-state index contributed by atoms with van der Waals surface area (Å²) >= 11 is 0. The minimum atomic E-state index is -3.84. The molecule has 1 fully saturated rings. The number of sulfonamides is 1. The number of anilines is 1. The van der Waals surface area contributed by atoms with Crippen LogP contribution in [0.3, 0.4) is 0 Å². The molecule has 0 aliphatic carbocycles. The number of rotatable bonds is 3. The number of piperidine rings is 1. The van der Waals surface area contributed by atoms with Crippen molar-refractivity contribution < 1.29 is 17.9 Å². The highest BCUT2D eigenvalue weighted by atomic mass is 32.2. The van der Waals surface area contributed by atoms with Crippen molar-refractivity contribution in [3.8, 4) is 5.75 Å². The monoisotopic (exact) mass is 456 g/mol. The van der Waals surface area contributed by atoms with Gasteiger partial charge in [-0.3, -0.25) is 9.52 Å². The number of hydrogen-bond donors (Lipinski definition) is 1. The van der Waals surface area contributed by atoms with E-state index in [1.54, 1.807) is 18.2 Å². The molecule has 1 unspecified atom stereocenters. The molecule has 32 heavy (non-hydrogen) atoms. The average molecular weight is 457 g/mol. The van der Waals surface area contributed by atoms with Crippen LogP contribution in [0.5, 0.6) is 5.75 Å². The van der Waals surface area contributed by atoms with E-state index in [1.807, 2.05) is 39.5 Å². The maximum atomic E-state index is 13.4. The van der Waals surface area contributed by atoms with Crippen LogP contribution in [0.25, 0.3) is 0 Å². The first-order valence-corrected chi connectivity index (χ1v) is 12.8. The fourth-order valence-corrected chi connectivity index (χ4v) is 6.64. The van der Waals surface area contributed by atoms with Crippen LogP contribution >= 0.6 is 0 Å². The quantitative estimate of drug-likeness (QED) is 0.719. The highest BCUT2D eigenvalue weighted by molar-refractivity contribution is 7.92. The Bertz CT molecular complexity index is 1160. The van der Waals surface area contributed by atoms with Crippen LogP contribution in [0.1, 0.15) is 63.9 Å². The van der Waals surface area contributed by atoms with Gasteiger partial charge in [-0.15, -0.1) is 0 Å². The van der Waals surface area contributed by atoms with Gasteiger partial charge in [-0.2, -0.15) is 0 Å². The van der Waals surface area contributed by atoms with Crippen LogP contribution in [-0.4, -0.2) is 38.4 Å². The van der Waals surface area contributed by atoms with Crippen LogP contribution < -0.4 is 9.46 Å². The molecule has 1 atom stereocenters. The smallest absolute Gasteiger partial charge is 0.262 e. The molecule has 2 aliphatic rings. The van der Waals surface area contributed by atoms with E-state index in [0.717, 1.165) is 60.0 Å². The van der Waals surface area contributed by atoms with Crippen LogP contribution in [0, 0.1) is 34.6 Å². The fraction of sp³-hybridized carbons (Fsp3) is 0.480. The van der Waals surface area contributed by atoms with Gasteiger partial charge < -0.3 is 9.64 Å². The summed E-state index contributed by atoms with van der Waals surface area (Å²) < 4.78 is 35.4. The lowest BCUT2D eigenvalue weighted by molar-refractivity contribution is 0.0548. The van der Waals surface area contributed by atoms with Gasteiger partial charge in [0.25, 0.3) is 15.9 Å². The molecule has 0 radical (unpaired) electrons. The number of nitrogens with zero attached hydrogens (tertiary/aromatic N) is 1. The first kappa shape index (κ1) is 22.6. The van der Waals surface area contributed by atoms with E-state index in [1.165, 1.54) is 0 Å². The van der Waals surface area contributed by atoms with Crippen molar-refractivity contribution in [1.82, 2.24) is 4.90 Å². The SMILES string of the molecule is Cc1c(C)c(C)c(S(=O)(=O)Nc2ccc3c(c2)C(=O)N2CCCCC2CCO3)c(C)c1C. The highest BCUT2D eigenvalue weighted by Crippen LogP contribution is 2.34. The predicted octanol–water partition coefficient (Wildman–Crippen LogP) is 4.81. The molecule has 0 spiro atoms. The van der Waals surface area contributed by atoms with Crippen molar-refractivity contribution >= 4 is 21.6 Å². The van der Waals surface area contributed by atoms with Gasteiger partial charge in [-0.05, 0) is 99.9 Å². The third-order valence-corrected chi connectivity index (χ3v) is 8.91. The number of carbonyl (C=O) groups excluding carboxylic acids is 1. The molecular weight excluding hydrogens is 424 g/mol. The molecule has 6 nitrogen and oxygen atoms in total. The molecule has 2 aromatic carbocycles. The van der Waals surface area contributed by atoms with Crippen molar-refractivity contribution in [3.05, 3.63) is 51.6 Å². The first-order chi connectivity index (χ1) is 15.1. The molecule has 2 aromatic rings. The molecular formula is C25H32N2O4S. The van der Waals surface area contributed by atoms with Crippen LogP contribution in [0.15, 0.2) is 23.1 Å². The Morgan fingerprint density at radius 3 is 2.28 bits per heavy atom. The number of fused-ring (bicyclic) bond motifs is 2. The highest BCUT2D eigenvalue weighted by Gasteiger charge is 2.31. The second kappa shape index (κ2) is 8.43. The summed E-state index contributed by atoms with van der Waals surface area (Å²) in [7, 11) is -3.84. The van der Waals surface area contributed by atoms with Gasteiger partial charge >= 0.3 is 0 Å².